The molecular weight excluding hydrogens is 340 g/mol. The third-order valence-corrected chi connectivity index (χ3v) is 5.93. The highest BCUT2D eigenvalue weighted by Crippen LogP contribution is 2.16. The maximum Gasteiger partial charge on any atom is 0.241 e. The molecule has 0 aliphatic carbocycles. The number of aryl methyl sites for hydroxylation is 2. The molecule has 1 atom stereocenters. The van der Waals surface area contributed by atoms with Crippen LogP contribution in [0.1, 0.15) is 30.9 Å². The Morgan fingerprint density at radius 1 is 1.00 bits per heavy atom. The number of amides is 2. The molecule has 6 heteroatoms. The van der Waals surface area contributed by atoms with Crippen molar-refractivity contribution in [2.45, 2.75) is 39.7 Å². The summed E-state index contributed by atoms with van der Waals surface area (Å²) in [5.41, 5.74) is 3.25. The van der Waals surface area contributed by atoms with E-state index in [-0.39, 0.29) is 17.9 Å². The van der Waals surface area contributed by atoms with Crippen LogP contribution in [-0.2, 0) is 9.59 Å². The van der Waals surface area contributed by atoms with Crippen LogP contribution in [0.4, 0.5) is 5.69 Å². The Kier molecular flexibility index (Phi) is 6.50. The molecule has 3 rings (SSSR count). The van der Waals surface area contributed by atoms with E-state index >= 15 is 0 Å². The summed E-state index contributed by atoms with van der Waals surface area (Å²) in [6, 6.07) is 5.82. The molecule has 1 N–H and O–H groups in total. The fraction of sp³-hybridized carbons (Fsp3) is 0.619. The molecule has 27 heavy (non-hydrogen) atoms. The summed E-state index contributed by atoms with van der Waals surface area (Å²) in [6.07, 6.45) is 2.26. The largest absolute Gasteiger partial charge is 0.342 e. The Balaban J connectivity index is 1.45. The van der Waals surface area contributed by atoms with Gasteiger partial charge in [0, 0.05) is 45.0 Å². The van der Waals surface area contributed by atoms with Crippen LogP contribution in [0.3, 0.4) is 0 Å². The van der Waals surface area contributed by atoms with Crippen LogP contribution in [0.5, 0.6) is 0 Å². The first-order valence-corrected chi connectivity index (χ1v) is 10.1. The average Bonchev–Trinajstić information content (AvgIpc) is 3.20. The highest BCUT2D eigenvalue weighted by molar-refractivity contribution is 5.94. The van der Waals surface area contributed by atoms with Gasteiger partial charge >= 0.3 is 0 Å². The second kappa shape index (κ2) is 8.85. The number of nitrogens with zero attached hydrogens (tertiary/aromatic N) is 3. The molecule has 0 aromatic heterocycles. The van der Waals surface area contributed by atoms with Crippen LogP contribution in [0.25, 0.3) is 0 Å². The van der Waals surface area contributed by atoms with E-state index in [1.54, 1.807) is 0 Å². The van der Waals surface area contributed by atoms with Gasteiger partial charge in [-0.1, -0.05) is 6.07 Å². The number of hydrogen-bond donors (Lipinski definition) is 1. The Bertz CT molecular complexity index is 677. The predicted octanol–water partition coefficient (Wildman–Crippen LogP) is 1.87. The fourth-order valence-electron chi connectivity index (χ4n) is 3.80. The van der Waals surface area contributed by atoms with Crippen molar-refractivity contribution in [3.63, 3.8) is 0 Å². The van der Waals surface area contributed by atoms with Gasteiger partial charge in [-0.25, -0.2) is 0 Å². The van der Waals surface area contributed by atoms with E-state index in [0.29, 0.717) is 6.54 Å². The lowest BCUT2D eigenvalue weighted by Gasteiger charge is -2.37. The van der Waals surface area contributed by atoms with E-state index in [2.05, 4.69) is 29.0 Å². The predicted molar refractivity (Wildman–Crippen MR) is 108 cm³/mol. The molecule has 1 unspecified atom stereocenters. The molecule has 0 bridgehead atoms. The number of carbonyl (C=O) groups excluding carboxylic acids is 2. The van der Waals surface area contributed by atoms with Crippen molar-refractivity contribution in [3.8, 4) is 0 Å². The van der Waals surface area contributed by atoms with E-state index in [1.807, 2.05) is 30.0 Å². The van der Waals surface area contributed by atoms with Gasteiger partial charge in [-0.05, 0) is 56.9 Å². The molecule has 1 aromatic carbocycles. The molecule has 6 nitrogen and oxygen atoms in total. The summed E-state index contributed by atoms with van der Waals surface area (Å²) >= 11 is 0. The minimum atomic E-state index is -0.178. The fourth-order valence-corrected chi connectivity index (χ4v) is 3.80. The van der Waals surface area contributed by atoms with Crippen molar-refractivity contribution in [2.75, 3.05) is 51.1 Å². The normalized spacial score (nSPS) is 19.9. The first kappa shape index (κ1) is 19.8. The van der Waals surface area contributed by atoms with Crippen LogP contribution in [0.2, 0.25) is 0 Å². The monoisotopic (exact) mass is 372 g/mol. The second-order valence-corrected chi connectivity index (χ2v) is 7.86. The second-order valence-electron chi connectivity index (χ2n) is 7.86. The number of benzene rings is 1. The smallest absolute Gasteiger partial charge is 0.241 e. The number of rotatable bonds is 5. The third-order valence-electron chi connectivity index (χ3n) is 5.93. The van der Waals surface area contributed by atoms with Gasteiger partial charge in [-0.2, -0.15) is 0 Å². The van der Waals surface area contributed by atoms with Crippen molar-refractivity contribution in [2.24, 2.45) is 0 Å². The van der Waals surface area contributed by atoms with E-state index in [1.165, 1.54) is 11.1 Å². The van der Waals surface area contributed by atoms with Crippen LogP contribution in [0.15, 0.2) is 18.2 Å². The van der Waals surface area contributed by atoms with Gasteiger partial charge < -0.3 is 10.2 Å². The number of likely N-dealkylation sites (tertiary alicyclic amines) is 1. The SMILES string of the molecule is Cc1ccc(NC(=O)C(C)N2CCN(CC(=O)N3CCCC3)CC2)cc1C. The Morgan fingerprint density at radius 3 is 2.30 bits per heavy atom. The standard InChI is InChI=1S/C21H32N4O2/c1-16-6-7-19(14-17(16)2)22-21(27)18(3)24-12-10-23(11-13-24)15-20(26)25-8-4-5-9-25/h6-7,14,18H,4-5,8-13,15H2,1-3H3,(H,22,27). The van der Waals surface area contributed by atoms with Crippen molar-refractivity contribution in [1.29, 1.82) is 0 Å². The van der Waals surface area contributed by atoms with E-state index in [4.69, 9.17) is 0 Å². The molecule has 2 fully saturated rings. The summed E-state index contributed by atoms with van der Waals surface area (Å²) in [5, 5.41) is 3.03. The third kappa shape index (κ3) is 5.08. The van der Waals surface area contributed by atoms with Gasteiger partial charge in [0.15, 0.2) is 0 Å². The van der Waals surface area contributed by atoms with Crippen LogP contribution < -0.4 is 5.32 Å². The number of anilines is 1. The molecule has 2 aliphatic rings. The first-order valence-electron chi connectivity index (χ1n) is 10.1. The van der Waals surface area contributed by atoms with Crippen LogP contribution >= 0.6 is 0 Å². The van der Waals surface area contributed by atoms with Crippen LogP contribution in [-0.4, -0.2) is 78.4 Å². The van der Waals surface area contributed by atoms with E-state index in [0.717, 1.165) is 57.8 Å². The molecule has 0 radical (unpaired) electrons. The first-order chi connectivity index (χ1) is 12.9. The molecule has 148 valence electrons. The zero-order valence-corrected chi connectivity index (χ0v) is 16.8. The molecule has 2 amide bonds. The van der Waals surface area contributed by atoms with Gasteiger partial charge in [-0.3, -0.25) is 19.4 Å². The summed E-state index contributed by atoms with van der Waals surface area (Å²) in [7, 11) is 0. The van der Waals surface area contributed by atoms with Gasteiger partial charge in [0.1, 0.15) is 0 Å². The minimum Gasteiger partial charge on any atom is -0.342 e. The zero-order valence-electron chi connectivity index (χ0n) is 16.8. The Hall–Kier alpha value is -1.92. The Labute approximate surface area is 162 Å². The molecular formula is C21H32N4O2. The van der Waals surface area contributed by atoms with Gasteiger partial charge in [0.25, 0.3) is 0 Å². The summed E-state index contributed by atoms with van der Waals surface area (Å²) in [4.78, 5) is 31.3. The lowest BCUT2D eigenvalue weighted by molar-refractivity contribution is -0.132. The lowest BCUT2D eigenvalue weighted by Crippen LogP contribution is -2.54. The number of carbonyl (C=O) groups is 2. The Morgan fingerprint density at radius 2 is 1.67 bits per heavy atom. The highest BCUT2D eigenvalue weighted by Gasteiger charge is 2.27. The maximum atomic E-state index is 12.6. The molecule has 0 saturated carbocycles. The van der Waals surface area contributed by atoms with Gasteiger partial charge in [0.2, 0.25) is 11.8 Å². The zero-order chi connectivity index (χ0) is 19.4. The minimum absolute atomic E-state index is 0.0276. The maximum absolute atomic E-state index is 12.6. The number of piperazine rings is 1. The summed E-state index contributed by atoms with van der Waals surface area (Å²) in [6.45, 7) is 11.7. The molecule has 0 spiro atoms. The van der Waals surface area contributed by atoms with Gasteiger partial charge in [-0.15, -0.1) is 0 Å². The summed E-state index contributed by atoms with van der Waals surface area (Å²) < 4.78 is 0. The quantitative estimate of drug-likeness (QED) is 0.857. The molecule has 2 saturated heterocycles. The lowest BCUT2D eigenvalue weighted by atomic mass is 10.1. The molecule has 2 heterocycles. The molecule has 2 aliphatic heterocycles. The highest BCUT2D eigenvalue weighted by atomic mass is 16.2. The van der Waals surface area contributed by atoms with Gasteiger partial charge in [0.05, 0.1) is 12.6 Å². The van der Waals surface area contributed by atoms with Crippen molar-refractivity contribution in [1.82, 2.24) is 14.7 Å². The number of nitrogens with one attached hydrogen (secondary N) is 1. The molecule has 1 aromatic rings. The van der Waals surface area contributed by atoms with Crippen molar-refractivity contribution in [3.05, 3.63) is 29.3 Å². The average molecular weight is 373 g/mol. The number of hydrogen-bond acceptors (Lipinski definition) is 4. The van der Waals surface area contributed by atoms with Crippen molar-refractivity contribution >= 4 is 17.5 Å². The van der Waals surface area contributed by atoms with E-state index in [9.17, 15) is 9.59 Å². The van der Waals surface area contributed by atoms with Crippen molar-refractivity contribution < 1.29 is 9.59 Å². The topological polar surface area (TPSA) is 55.9 Å². The summed E-state index contributed by atoms with van der Waals surface area (Å²) in [5.74, 6) is 0.279. The van der Waals surface area contributed by atoms with Crippen LogP contribution in [0, 0.1) is 13.8 Å². The van der Waals surface area contributed by atoms with E-state index < -0.39 is 0 Å².